The molecule has 0 radical (unpaired) electrons. The summed E-state index contributed by atoms with van der Waals surface area (Å²) in [5.41, 5.74) is 5.78. The van der Waals surface area contributed by atoms with E-state index in [4.69, 9.17) is 4.43 Å². The van der Waals surface area contributed by atoms with Crippen molar-refractivity contribution in [1.82, 2.24) is 4.98 Å². The minimum absolute atomic E-state index is 0.0399. The zero-order valence-corrected chi connectivity index (χ0v) is 24.5. The van der Waals surface area contributed by atoms with Crippen LogP contribution in [-0.4, -0.2) is 32.5 Å². The number of thiazole rings is 1. The van der Waals surface area contributed by atoms with Gasteiger partial charge in [-0.15, -0.1) is 11.3 Å². The van der Waals surface area contributed by atoms with E-state index in [1.165, 1.54) is 15.3 Å². The van der Waals surface area contributed by atoms with Crippen LogP contribution in [0.15, 0.2) is 84.4 Å². The zero-order valence-electron chi connectivity index (χ0n) is 22.6. The second kappa shape index (κ2) is 10.9. The van der Waals surface area contributed by atoms with Crippen LogP contribution >= 0.6 is 11.3 Å². The summed E-state index contributed by atoms with van der Waals surface area (Å²) in [6, 6.07) is 30.3. The van der Waals surface area contributed by atoms with E-state index in [2.05, 4.69) is 103 Å². The standard InChI is InChI=1S/C32H35N3OSSi/c1-24-31(37-23-34-24)25-15-16-26(22-33)30(21-25)35-19-17-27(18-20-35)36-38(32(2,3)4,28-11-7-5-8-12-28)29-13-9-6-10-14-29/h5-16,21,23,27H,17-20H2,1-4H3. The molecule has 0 N–H and O–H groups in total. The van der Waals surface area contributed by atoms with Crippen LogP contribution < -0.4 is 15.3 Å². The van der Waals surface area contributed by atoms with E-state index in [1.807, 2.05) is 24.6 Å². The number of nitrogens with zero attached hydrogens (tertiary/aromatic N) is 3. The summed E-state index contributed by atoms with van der Waals surface area (Å²) in [7, 11) is -2.58. The summed E-state index contributed by atoms with van der Waals surface area (Å²) in [5, 5.41) is 12.5. The maximum absolute atomic E-state index is 9.87. The van der Waals surface area contributed by atoms with Crippen LogP contribution in [0.25, 0.3) is 10.4 Å². The number of rotatable bonds is 6. The number of hydrogen-bond acceptors (Lipinski definition) is 5. The molecule has 0 amide bonds. The van der Waals surface area contributed by atoms with Crippen molar-refractivity contribution in [3.05, 3.63) is 95.6 Å². The molecule has 0 saturated carbocycles. The molecule has 4 nitrogen and oxygen atoms in total. The van der Waals surface area contributed by atoms with Crippen molar-refractivity contribution in [2.24, 2.45) is 0 Å². The normalized spacial score (nSPS) is 14.9. The van der Waals surface area contributed by atoms with Crippen molar-refractivity contribution in [2.45, 2.75) is 51.7 Å². The molecule has 1 aliphatic rings. The van der Waals surface area contributed by atoms with E-state index in [1.54, 1.807) is 11.3 Å². The van der Waals surface area contributed by atoms with Gasteiger partial charge in [0.2, 0.25) is 0 Å². The average molecular weight is 538 g/mol. The Labute approximate surface area is 231 Å². The lowest BCUT2D eigenvalue weighted by Crippen LogP contribution is -2.68. The van der Waals surface area contributed by atoms with Crippen LogP contribution in [0.5, 0.6) is 0 Å². The maximum atomic E-state index is 9.87. The Morgan fingerprint density at radius 1 is 0.947 bits per heavy atom. The molecule has 38 heavy (non-hydrogen) atoms. The smallest absolute Gasteiger partial charge is 0.261 e. The number of anilines is 1. The lowest BCUT2D eigenvalue weighted by atomic mass is 10.0. The van der Waals surface area contributed by atoms with Gasteiger partial charge in [-0.3, -0.25) is 0 Å². The molecule has 1 saturated heterocycles. The third-order valence-electron chi connectivity index (χ3n) is 7.67. The summed E-state index contributed by atoms with van der Waals surface area (Å²) >= 11 is 1.65. The first kappa shape index (κ1) is 26.4. The monoisotopic (exact) mass is 537 g/mol. The van der Waals surface area contributed by atoms with Gasteiger partial charge in [-0.2, -0.15) is 5.26 Å². The molecule has 0 aliphatic carbocycles. The number of benzene rings is 3. The molecule has 2 heterocycles. The molecular weight excluding hydrogens is 503 g/mol. The zero-order chi connectivity index (χ0) is 26.8. The summed E-state index contributed by atoms with van der Waals surface area (Å²) in [6.07, 6.45) is 2.02. The Hall–Kier alpha value is -3.24. The van der Waals surface area contributed by atoms with Crippen molar-refractivity contribution in [3.8, 4) is 16.5 Å². The van der Waals surface area contributed by atoms with Gasteiger partial charge in [-0.25, -0.2) is 4.98 Å². The summed E-state index contributed by atoms with van der Waals surface area (Å²) in [4.78, 5) is 7.95. The van der Waals surface area contributed by atoms with Crippen molar-refractivity contribution >= 4 is 35.7 Å². The second-order valence-electron chi connectivity index (χ2n) is 11.1. The minimum Gasteiger partial charge on any atom is -0.404 e. The summed E-state index contributed by atoms with van der Waals surface area (Å²) in [6.45, 7) is 10.8. The molecule has 194 valence electrons. The molecule has 0 unspecified atom stereocenters. The van der Waals surface area contributed by atoms with E-state index in [9.17, 15) is 5.26 Å². The van der Waals surface area contributed by atoms with Crippen LogP contribution in [0.1, 0.15) is 44.9 Å². The fraction of sp³-hybridized carbons (Fsp3) is 0.312. The van der Waals surface area contributed by atoms with Crippen molar-refractivity contribution in [3.63, 3.8) is 0 Å². The first-order chi connectivity index (χ1) is 18.3. The number of nitriles is 1. The van der Waals surface area contributed by atoms with E-state index in [0.29, 0.717) is 0 Å². The molecule has 1 aliphatic heterocycles. The first-order valence-corrected chi connectivity index (χ1v) is 16.1. The third kappa shape index (κ3) is 4.94. The van der Waals surface area contributed by atoms with E-state index in [0.717, 1.165) is 48.4 Å². The predicted octanol–water partition coefficient (Wildman–Crippen LogP) is 6.54. The number of aryl methyl sites for hydroxylation is 1. The van der Waals surface area contributed by atoms with Crippen LogP contribution in [0.4, 0.5) is 5.69 Å². The Kier molecular flexibility index (Phi) is 7.53. The van der Waals surface area contributed by atoms with Crippen LogP contribution in [0.3, 0.4) is 0 Å². The van der Waals surface area contributed by atoms with Gasteiger partial charge in [-0.05, 0) is 52.9 Å². The average Bonchev–Trinajstić information content (AvgIpc) is 3.37. The molecule has 5 rings (SSSR count). The van der Waals surface area contributed by atoms with Crippen molar-refractivity contribution in [1.29, 1.82) is 5.26 Å². The summed E-state index contributed by atoms with van der Waals surface area (Å²) in [5.74, 6) is 0. The molecule has 0 bridgehead atoms. The topological polar surface area (TPSA) is 49.2 Å². The maximum Gasteiger partial charge on any atom is 0.261 e. The number of hydrogen-bond donors (Lipinski definition) is 0. The molecule has 3 aromatic carbocycles. The Morgan fingerprint density at radius 2 is 1.55 bits per heavy atom. The van der Waals surface area contributed by atoms with E-state index in [-0.39, 0.29) is 11.1 Å². The van der Waals surface area contributed by atoms with Gasteiger partial charge >= 0.3 is 0 Å². The van der Waals surface area contributed by atoms with Crippen LogP contribution in [0.2, 0.25) is 5.04 Å². The van der Waals surface area contributed by atoms with Gasteiger partial charge in [-0.1, -0.05) is 87.5 Å². The van der Waals surface area contributed by atoms with E-state index < -0.39 is 8.32 Å². The van der Waals surface area contributed by atoms with Gasteiger partial charge in [0.15, 0.2) is 0 Å². The van der Waals surface area contributed by atoms with Gasteiger partial charge in [0, 0.05) is 19.2 Å². The Morgan fingerprint density at radius 3 is 2.05 bits per heavy atom. The van der Waals surface area contributed by atoms with Gasteiger partial charge in [0.05, 0.1) is 27.3 Å². The molecule has 0 atom stereocenters. The lowest BCUT2D eigenvalue weighted by molar-refractivity contribution is 0.158. The minimum atomic E-state index is -2.58. The molecule has 0 spiro atoms. The highest BCUT2D eigenvalue weighted by Crippen LogP contribution is 2.39. The molecular formula is C32H35N3OSSi. The van der Waals surface area contributed by atoms with E-state index >= 15 is 0 Å². The van der Waals surface area contributed by atoms with Gasteiger partial charge in [0.25, 0.3) is 8.32 Å². The van der Waals surface area contributed by atoms with Gasteiger partial charge in [0.1, 0.15) is 6.07 Å². The lowest BCUT2D eigenvalue weighted by Gasteiger charge is -2.47. The van der Waals surface area contributed by atoms with Crippen LogP contribution in [-0.2, 0) is 4.43 Å². The molecule has 1 aromatic heterocycles. The van der Waals surface area contributed by atoms with Crippen LogP contribution in [0, 0.1) is 18.3 Å². The fourth-order valence-corrected chi connectivity index (χ4v) is 11.3. The molecule has 6 heteroatoms. The predicted molar refractivity (Wildman–Crippen MR) is 161 cm³/mol. The molecule has 1 fully saturated rings. The largest absolute Gasteiger partial charge is 0.404 e. The quantitative estimate of drug-likeness (QED) is 0.262. The molecule has 4 aromatic rings. The Balaban J connectivity index is 1.43. The van der Waals surface area contributed by atoms with Crippen molar-refractivity contribution in [2.75, 3.05) is 18.0 Å². The highest BCUT2D eigenvalue weighted by Gasteiger charge is 2.51. The van der Waals surface area contributed by atoms with Crippen molar-refractivity contribution < 1.29 is 4.43 Å². The number of piperidine rings is 1. The Bertz CT molecular complexity index is 1380. The SMILES string of the molecule is Cc1ncsc1-c1ccc(C#N)c(N2CCC(O[Si](c3ccccc3)(c3ccccc3)C(C)(C)C)CC2)c1. The fourth-order valence-electron chi connectivity index (χ4n) is 5.76. The highest BCUT2D eigenvalue weighted by atomic mass is 32.1. The first-order valence-electron chi connectivity index (χ1n) is 13.3. The second-order valence-corrected chi connectivity index (χ2v) is 16.2. The number of aromatic nitrogens is 1. The van der Waals surface area contributed by atoms with Gasteiger partial charge < -0.3 is 9.33 Å². The highest BCUT2D eigenvalue weighted by molar-refractivity contribution is 7.13. The summed E-state index contributed by atoms with van der Waals surface area (Å²) < 4.78 is 7.40. The third-order valence-corrected chi connectivity index (χ3v) is 13.7.